The van der Waals surface area contributed by atoms with Gasteiger partial charge in [-0.3, -0.25) is 14.9 Å². The van der Waals surface area contributed by atoms with E-state index < -0.39 is 0 Å². The molecule has 1 amide bonds. The fraction of sp³-hybridized carbons (Fsp3) is 0.160. The van der Waals surface area contributed by atoms with Gasteiger partial charge in [0.2, 0.25) is 0 Å². The van der Waals surface area contributed by atoms with Gasteiger partial charge in [0.05, 0.1) is 30.6 Å². The fourth-order valence-corrected chi connectivity index (χ4v) is 3.49. The first kappa shape index (κ1) is 22.4. The Kier molecular flexibility index (Phi) is 6.90. The molecule has 0 aliphatic carbocycles. The smallest absolute Gasteiger partial charge is 0.255 e. The molecular formula is C25H23ClN4O3. The lowest BCUT2D eigenvalue weighted by molar-refractivity contribution is 0.0940. The molecule has 2 N–H and O–H groups in total. The van der Waals surface area contributed by atoms with Gasteiger partial charge in [0.1, 0.15) is 6.61 Å². The lowest BCUT2D eigenvalue weighted by Crippen LogP contribution is -2.26. The molecule has 0 radical (unpaired) electrons. The average molecular weight is 463 g/mol. The van der Waals surface area contributed by atoms with Crippen molar-refractivity contribution in [3.8, 4) is 22.8 Å². The number of nitrogens with one attached hydrogen (secondary N) is 2. The zero-order chi connectivity index (χ0) is 23.2. The monoisotopic (exact) mass is 462 g/mol. The van der Waals surface area contributed by atoms with Crippen LogP contribution in [0.15, 0.2) is 73.2 Å². The molecule has 168 valence electrons. The Balaban J connectivity index is 1.46. The number of H-pyrrole nitrogens is 1. The second kappa shape index (κ2) is 10.2. The van der Waals surface area contributed by atoms with E-state index in [1.807, 2.05) is 49.4 Å². The number of pyridine rings is 1. The standard InChI is InChI=1S/C25H23ClN4O3/c1-16(29-25(31)21-14-28-30-24(21)18-3-6-20(26)7-4-18)19-5-8-22(23(13-19)32-2)33-15-17-9-11-27-12-10-17/h3-14,16H,15H2,1-2H3,(H,28,30)(H,29,31). The number of hydrogen-bond acceptors (Lipinski definition) is 5. The molecule has 0 aliphatic heterocycles. The second-order valence-electron chi connectivity index (χ2n) is 7.42. The van der Waals surface area contributed by atoms with Gasteiger partial charge in [-0.15, -0.1) is 0 Å². The number of amides is 1. The minimum absolute atomic E-state index is 0.238. The molecule has 4 rings (SSSR count). The number of ether oxygens (including phenoxy) is 2. The van der Waals surface area contributed by atoms with Gasteiger partial charge in [0.25, 0.3) is 5.91 Å². The van der Waals surface area contributed by atoms with Crippen LogP contribution in [-0.4, -0.2) is 28.2 Å². The maximum Gasteiger partial charge on any atom is 0.255 e. The number of halogens is 1. The van der Waals surface area contributed by atoms with E-state index >= 15 is 0 Å². The number of aromatic nitrogens is 3. The molecule has 0 fully saturated rings. The number of nitrogens with zero attached hydrogens (tertiary/aromatic N) is 2. The SMILES string of the molecule is COc1cc(C(C)NC(=O)c2cn[nH]c2-c2ccc(Cl)cc2)ccc1OCc1ccncc1. The number of hydrogen-bond donors (Lipinski definition) is 2. The minimum Gasteiger partial charge on any atom is -0.493 e. The van der Waals surface area contributed by atoms with Gasteiger partial charge in [0, 0.05) is 23.0 Å². The highest BCUT2D eigenvalue weighted by Crippen LogP contribution is 2.31. The first-order chi connectivity index (χ1) is 16.0. The summed E-state index contributed by atoms with van der Waals surface area (Å²) in [5.41, 5.74) is 3.80. The molecule has 1 unspecified atom stereocenters. The van der Waals surface area contributed by atoms with Crippen LogP contribution in [-0.2, 0) is 6.61 Å². The van der Waals surface area contributed by atoms with Crippen LogP contribution in [0.4, 0.5) is 0 Å². The van der Waals surface area contributed by atoms with Crippen LogP contribution in [0.5, 0.6) is 11.5 Å². The first-order valence-electron chi connectivity index (χ1n) is 10.3. The summed E-state index contributed by atoms with van der Waals surface area (Å²) in [6, 6.07) is 16.4. The molecule has 0 saturated heterocycles. The summed E-state index contributed by atoms with van der Waals surface area (Å²) in [4.78, 5) is 17.0. The Morgan fingerprint density at radius 2 is 1.85 bits per heavy atom. The molecule has 33 heavy (non-hydrogen) atoms. The van der Waals surface area contributed by atoms with Gasteiger partial charge in [-0.05, 0) is 54.4 Å². The van der Waals surface area contributed by atoms with Crippen molar-refractivity contribution in [1.82, 2.24) is 20.5 Å². The summed E-state index contributed by atoms with van der Waals surface area (Å²) in [7, 11) is 1.59. The molecule has 2 aromatic heterocycles. The van der Waals surface area contributed by atoms with Gasteiger partial charge in [-0.2, -0.15) is 5.10 Å². The molecule has 2 heterocycles. The molecule has 8 heteroatoms. The van der Waals surface area contributed by atoms with Gasteiger partial charge < -0.3 is 14.8 Å². The van der Waals surface area contributed by atoms with E-state index in [2.05, 4.69) is 20.5 Å². The molecule has 4 aromatic rings. The zero-order valence-electron chi connectivity index (χ0n) is 18.2. The second-order valence-corrected chi connectivity index (χ2v) is 7.85. The summed E-state index contributed by atoms with van der Waals surface area (Å²) in [5.74, 6) is 0.974. The molecule has 0 bridgehead atoms. The van der Waals surface area contributed by atoms with E-state index in [4.69, 9.17) is 21.1 Å². The normalized spacial score (nSPS) is 11.6. The predicted octanol–water partition coefficient (Wildman–Crippen LogP) is 5.20. The van der Waals surface area contributed by atoms with Crippen LogP contribution >= 0.6 is 11.6 Å². The van der Waals surface area contributed by atoms with Crippen molar-refractivity contribution in [3.63, 3.8) is 0 Å². The summed E-state index contributed by atoms with van der Waals surface area (Å²) < 4.78 is 11.4. The molecule has 1 atom stereocenters. The largest absolute Gasteiger partial charge is 0.493 e. The van der Waals surface area contributed by atoms with E-state index in [1.54, 1.807) is 31.6 Å². The number of benzene rings is 2. The van der Waals surface area contributed by atoms with Crippen molar-refractivity contribution in [1.29, 1.82) is 0 Å². The van der Waals surface area contributed by atoms with Crippen molar-refractivity contribution in [3.05, 3.63) is 94.9 Å². The number of aromatic amines is 1. The number of methoxy groups -OCH3 is 1. The third-order valence-corrected chi connectivity index (χ3v) is 5.45. The Morgan fingerprint density at radius 3 is 2.58 bits per heavy atom. The molecular weight excluding hydrogens is 440 g/mol. The topological polar surface area (TPSA) is 89.1 Å². The third-order valence-electron chi connectivity index (χ3n) is 5.20. The highest BCUT2D eigenvalue weighted by molar-refractivity contribution is 6.30. The minimum atomic E-state index is -0.270. The molecule has 7 nitrogen and oxygen atoms in total. The summed E-state index contributed by atoms with van der Waals surface area (Å²) in [5, 5.41) is 10.6. The quantitative estimate of drug-likeness (QED) is 0.375. The van der Waals surface area contributed by atoms with Crippen molar-refractivity contribution in [2.24, 2.45) is 0 Å². The van der Waals surface area contributed by atoms with Crippen molar-refractivity contribution in [2.45, 2.75) is 19.6 Å². The molecule has 0 spiro atoms. The van der Waals surface area contributed by atoms with Crippen molar-refractivity contribution < 1.29 is 14.3 Å². The van der Waals surface area contributed by atoms with Crippen LogP contribution in [0.25, 0.3) is 11.3 Å². The first-order valence-corrected chi connectivity index (χ1v) is 10.7. The third kappa shape index (κ3) is 5.32. The Bertz CT molecular complexity index is 1230. The van der Waals surface area contributed by atoms with Crippen LogP contribution in [0.2, 0.25) is 5.02 Å². The highest BCUT2D eigenvalue weighted by Gasteiger charge is 2.19. The van der Waals surface area contributed by atoms with Gasteiger partial charge in [-0.1, -0.05) is 29.8 Å². The van der Waals surface area contributed by atoms with Crippen LogP contribution in [0, 0.1) is 0 Å². The molecule has 0 aliphatic rings. The summed E-state index contributed by atoms with van der Waals surface area (Å²) >= 11 is 5.97. The lowest BCUT2D eigenvalue weighted by atomic mass is 10.1. The predicted molar refractivity (Wildman–Crippen MR) is 126 cm³/mol. The summed E-state index contributed by atoms with van der Waals surface area (Å²) in [6.07, 6.45) is 4.96. The van der Waals surface area contributed by atoms with E-state index in [-0.39, 0.29) is 11.9 Å². The lowest BCUT2D eigenvalue weighted by Gasteiger charge is -2.17. The van der Waals surface area contributed by atoms with E-state index in [0.717, 1.165) is 16.7 Å². The molecule has 2 aromatic carbocycles. The van der Waals surface area contributed by atoms with Crippen LogP contribution in [0.3, 0.4) is 0 Å². The van der Waals surface area contributed by atoms with Crippen LogP contribution < -0.4 is 14.8 Å². The van der Waals surface area contributed by atoms with Gasteiger partial charge in [-0.25, -0.2) is 0 Å². The fourth-order valence-electron chi connectivity index (χ4n) is 3.37. The Hall–Kier alpha value is -3.84. The van der Waals surface area contributed by atoms with E-state index in [1.165, 1.54) is 6.20 Å². The number of carbonyl (C=O) groups is 1. The van der Waals surface area contributed by atoms with E-state index in [9.17, 15) is 4.79 Å². The maximum atomic E-state index is 13.0. The summed E-state index contributed by atoms with van der Waals surface area (Å²) in [6.45, 7) is 2.31. The Labute approximate surface area is 196 Å². The average Bonchev–Trinajstić information content (AvgIpc) is 3.34. The number of rotatable bonds is 8. The van der Waals surface area contributed by atoms with Gasteiger partial charge >= 0.3 is 0 Å². The molecule has 0 saturated carbocycles. The number of carbonyl (C=O) groups excluding carboxylic acids is 1. The maximum absolute atomic E-state index is 13.0. The van der Waals surface area contributed by atoms with Crippen molar-refractivity contribution >= 4 is 17.5 Å². The van der Waals surface area contributed by atoms with E-state index in [0.29, 0.717) is 34.4 Å². The van der Waals surface area contributed by atoms with Crippen LogP contribution in [0.1, 0.15) is 34.5 Å². The Morgan fingerprint density at radius 1 is 1.09 bits per heavy atom. The van der Waals surface area contributed by atoms with Gasteiger partial charge in [0.15, 0.2) is 11.5 Å². The highest BCUT2D eigenvalue weighted by atomic mass is 35.5. The van der Waals surface area contributed by atoms with Crippen molar-refractivity contribution in [2.75, 3.05) is 7.11 Å². The zero-order valence-corrected chi connectivity index (χ0v) is 19.0.